The summed E-state index contributed by atoms with van der Waals surface area (Å²) in [6, 6.07) is -0.761. The van der Waals surface area contributed by atoms with Crippen molar-refractivity contribution in [1.82, 2.24) is 9.88 Å². The van der Waals surface area contributed by atoms with Gasteiger partial charge < -0.3 is 30.6 Å². The molecule has 8 nitrogen and oxygen atoms in total. The van der Waals surface area contributed by atoms with Crippen molar-refractivity contribution in [3.05, 3.63) is 22.1 Å². The quantitative estimate of drug-likeness (QED) is 0.602. The maximum atomic E-state index is 11.6. The van der Waals surface area contributed by atoms with Crippen molar-refractivity contribution < 1.29 is 19.7 Å². The minimum Gasteiger partial charge on any atom is -0.503 e. The lowest BCUT2D eigenvalue weighted by Crippen LogP contribution is -2.29. The van der Waals surface area contributed by atoms with Crippen molar-refractivity contribution in [2.75, 3.05) is 19.5 Å². The predicted molar refractivity (Wildman–Crippen MR) is 68.2 cm³/mol. The van der Waals surface area contributed by atoms with Crippen molar-refractivity contribution in [2.24, 2.45) is 0 Å². The Labute approximate surface area is 109 Å². The number of carboxylic acid groups (broad SMARTS) is 1. The lowest BCUT2D eigenvalue weighted by atomic mass is 10.1. The van der Waals surface area contributed by atoms with Gasteiger partial charge in [-0.2, -0.15) is 0 Å². The Bertz CT molecular complexity index is 526. The van der Waals surface area contributed by atoms with Gasteiger partial charge in [0.1, 0.15) is 5.69 Å². The van der Waals surface area contributed by atoms with E-state index in [0.29, 0.717) is 13.2 Å². The van der Waals surface area contributed by atoms with Gasteiger partial charge in [0.15, 0.2) is 5.75 Å². The molecule has 1 heterocycles. The van der Waals surface area contributed by atoms with Crippen LogP contribution in [0.5, 0.6) is 5.75 Å². The third kappa shape index (κ3) is 3.38. The second-order valence-electron chi connectivity index (χ2n) is 4.00. The molecule has 1 atom stereocenters. The summed E-state index contributed by atoms with van der Waals surface area (Å²) < 4.78 is 6.41. The fourth-order valence-electron chi connectivity index (χ4n) is 1.77. The van der Waals surface area contributed by atoms with Crippen LogP contribution in [0.1, 0.15) is 18.7 Å². The highest BCUT2D eigenvalue weighted by molar-refractivity contribution is 5.65. The van der Waals surface area contributed by atoms with Gasteiger partial charge in [-0.05, 0) is 6.92 Å². The van der Waals surface area contributed by atoms with Crippen molar-refractivity contribution in [2.45, 2.75) is 19.5 Å². The standard InChI is InChI=1S/C11H17N3O5/c1-6(13-11(17)18)8-10(16)9(15)7(12)5-14(8)3-4-19-2/h5-6,13,16H,3-4,12H2,1-2H3,(H,17,18). The summed E-state index contributed by atoms with van der Waals surface area (Å²) in [5.41, 5.74) is 4.81. The van der Waals surface area contributed by atoms with E-state index in [2.05, 4.69) is 5.32 Å². The minimum absolute atomic E-state index is 0.111. The average Bonchev–Trinajstić information content (AvgIpc) is 2.32. The van der Waals surface area contributed by atoms with Crippen LogP contribution in [0.3, 0.4) is 0 Å². The van der Waals surface area contributed by atoms with Gasteiger partial charge in [0.25, 0.3) is 0 Å². The van der Waals surface area contributed by atoms with Crippen LogP contribution in [0.25, 0.3) is 0 Å². The normalized spacial score (nSPS) is 12.1. The van der Waals surface area contributed by atoms with Crippen molar-refractivity contribution in [1.29, 1.82) is 0 Å². The number of nitrogens with zero attached hydrogens (tertiary/aromatic N) is 1. The molecule has 0 aliphatic carbocycles. The molecule has 19 heavy (non-hydrogen) atoms. The van der Waals surface area contributed by atoms with E-state index in [0.717, 1.165) is 0 Å². The second kappa shape index (κ2) is 6.10. The number of amides is 1. The molecule has 0 saturated carbocycles. The highest BCUT2D eigenvalue weighted by atomic mass is 16.5. The van der Waals surface area contributed by atoms with E-state index in [1.54, 1.807) is 0 Å². The van der Waals surface area contributed by atoms with Gasteiger partial charge in [0.05, 0.1) is 18.3 Å². The molecule has 8 heteroatoms. The number of anilines is 1. The van der Waals surface area contributed by atoms with E-state index >= 15 is 0 Å². The van der Waals surface area contributed by atoms with Gasteiger partial charge in [-0.3, -0.25) is 4.79 Å². The molecule has 1 amide bonds. The van der Waals surface area contributed by atoms with Gasteiger partial charge in [-0.15, -0.1) is 0 Å². The molecule has 0 aliphatic heterocycles. The number of nitrogens with one attached hydrogen (secondary N) is 1. The third-order valence-electron chi connectivity index (χ3n) is 2.61. The Morgan fingerprint density at radius 3 is 2.79 bits per heavy atom. The number of rotatable bonds is 5. The van der Waals surface area contributed by atoms with E-state index in [4.69, 9.17) is 15.6 Å². The molecule has 0 fully saturated rings. The lowest BCUT2D eigenvalue weighted by molar-refractivity contribution is 0.182. The third-order valence-corrected chi connectivity index (χ3v) is 2.61. The molecule has 1 unspecified atom stereocenters. The zero-order chi connectivity index (χ0) is 14.6. The van der Waals surface area contributed by atoms with Crippen LogP contribution in [-0.4, -0.2) is 34.6 Å². The van der Waals surface area contributed by atoms with E-state index in [1.165, 1.54) is 24.8 Å². The summed E-state index contributed by atoms with van der Waals surface area (Å²) >= 11 is 0. The first-order valence-corrected chi connectivity index (χ1v) is 5.58. The van der Waals surface area contributed by atoms with Crippen molar-refractivity contribution >= 4 is 11.8 Å². The van der Waals surface area contributed by atoms with Gasteiger partial charge in [-0.1, -0.05) is 0 Å². The van der Waals surface area contributed by atoms with E-state index in [-0.39, 0.29) is 11.4 Å². The zero-order valence-corrected chi connectivity index (χ0v) is 10.7. The van der Waals surface area contributed by atoms with E-state index in [9.17, 15) is 14.7 Å². The zero-order valence-electron chi connectivity index (χ0n) is 10.7. The van der Waals surface area contributed by atoms with Crippen LogP contribution in [-0.2, 0) is 11.3 Å². The monoisotopic (exact) mass is 271 g/mol. The maximum absolute atomic E-state index is 11.6. The highest BCUT2D eigenvalue weighted by Gasteiger charge is 2.20. The highest BCUT2D eigenvalue weighted by Crippen LogP contribution is 2.22. The Hall–Kier alpha value is -2.22. The molecule has 1 rings (SSSR count). The van der Waals surface area contributed by atoms with Crippen molar-refractivity contribution in [3.63, 3.8) is 0 Å². The fourth-order valence-corrected chi connectivity index (χ4v) is 1.77. The van der Waals surface area contributed by atoms with Gasteiger partial charge in [0.2, 0.25) is 5.43 Å². The molecular formula is C11H17N3O5. The number of pyridine rings is 1. The molecule has 0 bridgehead atoms. The molecule has 0 saturated heterocycles. The number of hydrogen-bond donors (Lipinski definition) is 4. The van der Waals surface area contributed by atoms with Crippen LogP contribution in [0, 0.1) is 0 Å². The van der Waals surface area contributed by atoms with Gasteiger partial charge >= 0.3 is 6.09 Å². The largest absolute Gasteiger partial charge is 0.503 e. The Morgan fingerprint density at radius 2 is 2.26 bits per heavy atom. The SMILES string of the molecule is COCCn1cc(N)c(=O)c(O)c1C(C)NC(=O)O. The molecule has 1 aromatic heterocycles. The molecule has 0 radical (unpaired) electrons. The smallest absolute Gasteiger partial charge is 0.405 e. The number of ether oxygens (including phenoxy) is 1. The second-order valence-corrected chi connectivity index (χ2v) is 4.00. The number of carbonyl (C=O) groups is 1. The number of aromatic nitrogens is 1. The number of hydrogen-bond acceptors (Lipinski definition) is 5. The maximum Gasteiger partial charge on any atom is 0.405 e. The predicted octanol–water partition coefficient (Wildman–Crippen LogP) is 0.111. The molecule has 1 aromatic rings. The summed E-state index contributed by atoms with van der Waals surface area (Å²) in [5.74, 6) is -0.558. The summed E-state index contributed by atoms with van der Waals surface area (Å²) in [7, 11) is 1.50. The Balaban J connectivity index is 3.28. The summed E-state index contributed by atoms with van der Waals surface area (Å²) in [6.07, 6.45) is 0.102. The van der Waals surface area contributed by atoms with E-state index in [1.807, 2.05) is 0 Å². The van der Waals surface area contributed by atoms with Crippen LogP contribution in [0.4, 0.5) is 10.5 Å². The first-order chi connectivity index (χ1) is 8.88. The van der Waals surface area contributed by atoms with E-state index < -0.39 is 23.3 Å². The number of nitrogen functional groups attached to an aromatic ring is 1. The first kappa shape index (κ1) is 14.8. The topological polar surface area (TPSA) is 127 Å². The average molecular weight is 271 g/mol. The lowest BCUT2D eigenvalue weighted by Gasteiger charge is -2.20. The minimum atomic E-state index is -1.26. The van der Waals surface area contributed by atoms with Crippen LogP contribution >= 0.6 is 0 Å². The molecular weight excluding hydrogens is 254 g/mol. The molecule has 0 aliphatic rings. The Kier molecular flexibility index (Phi) is 4.76. The van der Waals surface area contributed by atoms with Crippen LogP contribution in [0.15, 0.2) is 11.0 Å². The number of methoxy groups -OCH3 is 1. The molecule has 0 spiro atoms. The van der Waals surface area contributed by atoms with Crippen molar-refractivity contribution in [3.8, 4) is 5.75 Å². The summed E-state index contributed by atoms with van der Waals surface area (Å²) in [4.78, 5) is 22.3. The summed E-state index contributed by atoms with van der Waals surface area (Å²) in [5, 5.41) is 20.7. The molecule has 0 aromatic carbocycles. The summed E-state index contributed by atoms with van der Waals surface area (Å²) in [6.45, 7) is 2.17. The fraction of sp³-hybridized carbons (Fsp3) is 0.455. The number of aromatic hydroxyl groups is 1. The van der Waals surface area contributed by atoms with Gasteiger partial charge in [-0.25, -0.2) is 4.79 Å². The van der Waals surface area contributed by atoms with Crippen LogP contribution in [0.2, 0.25) is 0 Å². The van der Waals surface area contributed by atoms with Gasteiger partial charge in [0, 0.05) is 19.9 Å². The number of nitrogens with two attached hydrogens (primary N) is 1. The molecule has 5 N–H and O–H groups in total. The van der Waals surface area contributed by atoms with Crippen LogP contribution < -0.4 is 16.5 Å². The molecule has 106 valence electrons. The Morgan fingerprint density at radius 1 is 1.63 bits per heavy atom. The first-order valence-electron chi connectivity index (χ1n) is 5.58.